The third-order valence-electron chi connectivity index (χ3n) is 6.55. The molecule has 1 aliphatic heterocycles. The first-order valence-corrected chi connectivity index (χ1v) is 12.2. The van der Waals surface area contributed by atoms with E-state index in [1.165, 1.54) is 10.7 Å². The van der Waals surface area contributed by atoms with E-state index in [1.807, 2.05) is 4.52 Å². The van der Waals surface area contributed by atoms with E-state index in [2.05, 4.69) is 29.2 Å². The first-order valence-electron chi connectivity index (χ1n) is 10.4. The van der Waals surface area contributed by atoms with Gasteiger partial charge in [0.15, 0.2) is 0 Å². The molecular weight excluding hydrogens is 395 g/mol. The summed E-state index contributed by atoms with van der Waals surface area (Å²) < 4.78 is 41.0. The normalized spacial score (nSPS) is 25.1. The van der Waals surface area contributed by atoms with Crippen LogP contribution in [-0.4, -0.2) is 63.9 Å². The number of hydrogen-bond acceptors (Lipinski definition) is 6. The number of piperidine rings is 1. The fourth-order valence-corrected chi connectivity index (χ4v) is 5.31. The first kappa shape index (κ1) is 20.5. The van der Waals surface area contributed by atoms with Crippen LogP contribution in [0.4, 0.5) is 10.3 Å². The van der Waals surface area contributed by atoms with Crippen LogP contribution in [0.2, 0.25) is 0 Å². The molecule has 4 rings (SSSR count). The number of imidazole rings is 1. The maximum Gasteiger partial charge on any atom is 0.241 e. The molecule has 10 heteroatoms. The summed E-state index contributed by atoms with van der Waals surface area (Å²) in [4.78, 5) is 9.29. The van der Waals surface area contributed by atoms with Crippen molar-refractivity contribution in [1.82, 2.24) is 23.9 Å². The lowest BCUT2D eigenvalue weighted by atomic mass is 9.66. The van der Waals surface area contributed by atoms with Gasteiger partial charge in [-0.2, -0.15) is 4.31 Å². The number of sulfonamides is 1. The number of aryl methyl sites for hydroxylation is 1. The highest BCUT2D eigenvalue weighted by Gasteiger charge is 2.41. The largest absolute Gasteiger partial charge is 0.347 e. The lowest BCUT2D eigenvalue weighted by molar-refractivity contribution is 0.186. The molecule has 2 aliphatic rings. The minimum Gasteiger partial charge on any atom is -0.347 e. The van der Waals surface area contributed by atoms with Gasteiger partial charge in [-0.1, -0.05) is 20.3 Å². The van der Waals surface area contributed by atoms with Crippen molar-refractivity contribution < 1.29 is 12.8 Å². The Kier molecular flexibility index (Phi) is 5.27. The van der Waals surface area contributed by atoms with E-state index in [4.69, 9.17) is 4.98 Å². The molecule has 0 amide bonds. The Morgan fingerprint density at radius 3 is 2.66 bits per heavy atom. The molecule has 1 saturated heterocycles. The molecule has 0 bridgehead atoms. The highest BCUT2D eigenvalue weighted by molar-refractivity contribution is 7.88. The van der Waals surface area contributed by atoms with Crippen LogP contribution in [0.15, 0.2) is 6.20 Å². The van der Waals surface area contributed by atoms with Gasteiger partial charge < -0.3 is 5.32 Å². The first-order chi connectivity index (χ1) is 13.8. The molecule has 0 unspecified atom stereocenters. The number of halogens is 1. The van der Waals surface area contributed by atoms with Gasteiger partial charge in [0, 0.05) is 18.5 Å². The Bertz CT molecular complexity index is 998. The van der Waals surface area contributed by atoms with Crippen molar-refractivity contribution in [2.45, 2.75) is 70.0 Å². The molecule has 1 saturated carbocycles. The van der Waals surface area contributed by atoms with Gasteiger partial charge in [-0.05, 0) is 32.1 Å². The number of rotatable bonds is 6. The topological polar surface area (TPSA) is 92.5 Å². The van der Waals surface area contributed by atoms with Crippen LogP contribution in [0.1, 0.15) is 57.5 Å². The average molecular weight is 425 g/mol. The zero-order valence-corrected chi connectivity index (χ0v) is 18.0. The quantitative estimate of drug-likeness (QED) is 0.765. The zero-order valence-electron chi connectivity index (χ0n) is 17.2. The van der Waals surface area contributed by atoms with Gasteiger partial charge in [0.2, 0.25) is 16.0 Å². The summed E-state index contributed by atoms with van der Waals surface area (Å²) in [7, 11) is -3.38. The molecule has 0 spiro atoms. The second-order valence-corrected chi connectivity index (χ2v) is 10.3. The number of hydrogen-bond donors (Lipinski definition) is 1. The lowest BCUT2D eigenvalue weighted by Crippen LogP contribution is -2.49. The summed E-state index contributed by atoms with van der Waals surface area (Å²) in [5, 5.41) is 7.76. The Hall–Kier alpha value is -1.81. The van der Waals surface area contributed by atoms with Gasteiger partial charge in [0.25, 0.3) is 0 Å². The van der Waals surface area contributed by atoms with E-state index in [0.717, 1.165) is 49.0 Å². The van der Waals surface area contributed by atoms with Gasteiger partial charge >= 0.3 is 0 Å². The molecule has 8 nitrogen and oxygen atoms in total. The van der Waals surface area contributed by atoms with Crippen molar-refractivity contribution in [3.8, 4) is 0 Å². The Labute approximate surface area is 171 Å². The van der Waals surface area contributed by atoms with Crippen LogP contribution < -0.4 is 5.32 Å². The smallest absolute Gasteiger partial charge is 0.241 e. The third-order valence-corrected chi connectivity index (χ3v) is 7.82. The van der Waals surface area contributed by atoms with Crippen molar-refractivity contribution in [3.05, 3.63) is 17.7 Å². The highest BCUT2D eigenvalue weighted by atomic mass is 32.2. The van der Waals surface area contributed by atoms with E-state index in [1.54, 1.807) is 6.20 Å². The number of aromatic nitrogens is 4. The summed E-state index contributed by atoms with van der Waals surface area (Å²) in [5.74, 6) is 1.33. The van der Waals surface area contributed by atoms with Gasteiger partial charge in [0.1, 0.15) is 17.5 Å². The molecule has 2 aromatic heterocycles. The van der Waals surface area contributed by atoms with Crippen LogP contribution in [0.5, 0.6) is 0 Å². The van der Waals surface area contributed by atoms with Gasteiger partial charge in [-0.15, -0.1) is 5.10 Å². The van der Waals surface area contributed by atoms with E-state index in [0.29, 0.717) is 12.4 Å². The Balaban J connectivity index is 1.61. The Morgan fingerprint density at radius 2 is 2.10 bits per heavy atom. The van der Waals surface area contributed by atoms with Crippen molar-refractivity contribution in [3.63, 3.8) is 0 Å². The zero-order chi connectivity index (χ0) is 20.8. The maximum atomic E-state index is 14.6. The van der Waals surface area contributed by atoms with Crippen LogP contribution in [-0.2, 0) is 21.9 Å². The van der Waals surface area contributed by atoms with E-state index < -0.39 is 22.2 Å². The number of alkyl halides is 1. The fourth-order valence-electron chi connectivity index (χ4n) is 4.46. The predicted octanol–water partition coefficient (Wildman–Crippen LogP) is 2.30. The SMILES string of the molecule is CCc1nc(C2(CC)CCC2)n2nc(N[C@@H]3CCN(S(C)(=O)=O)C[C@H]3F)ncc12. The molecule has 1 aliphatic carbocycles. The Morgan fingerprint density at radius 1 is 1.34 bits per heavy atom. The molecule has 3 heterocycles. The van der Waals surface area contributed by atoms with Crippen LogP contribution in [0.25, 0.3) is 5.52 Å². The molecule has 0 radical (unpaired) electrons. The summed E-state index contributed by atoms with van der Waals surface area (Å²) in [6, 6.07) is -0.521. The molecule has 1 N–H and O–H groups in total. The van der Waals surface area contributed by atoms with E-state index >= 15 is 0 Å². The predicted molar refractivity (Wildman–Crippen MR) is 109 cm³/mol. The summed E-state index contributed by atoms with van der Waals surface area (Å²) >= 11 is 0. The lowest BCUT2D eigenvalue weighted by Gasteiger charge is -2.39. The molecular formula is C19H29FN6O2S. The summed E-state index contributed by atoms with van der Waals surface area (Å²) in [6.45, 7) is 4.40. The summed E-state index contributed by atoms with van der Waals surface area (Å²) in [6.07, 6.45) is 7.14. The summed E-state index contributed by atoms with van der Waals surface area (Å²) in [5.41, 5.74) is 1.94. The number of anilines is 1. The standard InChI is InChI=1S/C19H29FN6O2S/c1-4-14-16-11-21-18(23-15-7-10-25(12-13(15)20)29(3,27)28)24-26(16)17(22-14)19(5-2)8-6-9-19/h11,13,15H,4-10,12H2,1-3H3,(H,23,24)/t13-,15-/m1/s1. The molecule has 2 fully saturated rings. The number of nitrogens with zero attached hydrogens (tertiary/aromatic N) is 5. The minimum absolute atomic E-state index is 0.0609. The number of fused-ring (bicyclic) bond motifs is 1. The number of nitrogens with one attached hydrogen (secondary N) is 1. The van der Waals surface area contributed by atoms with Gasteiger partial charge in [-0.3, -0.25) is 0 Å². The fraction of sp³-hybridized carbons (Fsp3) is 0.737. The van der Waals surface area contributed by atoms with Gasteiger partial charge in [-0.25, -0.2) is 27.3 Å². The molecule has 2 aromatic rings. The van der Waals surface area contributed by atoms with Crippen LogP contribution >= 0.6 is 0 Å². The van der Waals surface area contributed by atoms with E-state index in [-0.39, 0.29) is 18.5 Å². The van der Waals surface area contributed by atoms with Crippen molar-refractivity contribution >= 4 is 21.5 Å². The molecule has 2 atom stereocenters. The molecule has 29 heavy (non-hydrogen) atoms. The van der Waals surface area contributed by atoms with E-state index in [9.17, 15) is 12.8 Å². The van der Waals surface area contributed by atoms with Crippen LogP contribution in [0, 0.1) is 0 Å². The average Bonchev–Trinajstić information content (AvgIpc) is 3.01. The van der Waals surface area contributed by atoms with Crippen molar-refractivity contribution in [2.24, 2.45) is 0 Å². The van der Waals surface area contributed by atoms with Crippen molar-refractivity contribution in [2.75, 3.05) is 24.7 Å². The molecule has 0 aromatic carbocycles. The monoisotopic (exact) mass is 424 g/mol. The van der Waals surface area contributed by atoms with Crippen LogP contribution in [0.3, 0.4) is 0 Å². The van der Waals surface area contributed by atoms with Crippen molar-refractivity contribution in [1.29, 1.82) is 0 Å². The minimum atomic E-state index is -3.38. The highest BCUT2D eigenvalue weighted by Crippen LogP contribution is 2.46. The third kappa shape index (κ3) is 3.61. The maximum absolute atomic E-state index is 14.6. The van der Waals surface area contributed by atoms with Gasteiger partial charge in [0.05, 0.1) is 24.2 Å². The second-order valence-electron chi connectivity index (χ2n) is 8.28. The molecule has 160 valence electrons. The second kappa shape index (κ2) is 7.46.